The van der Waals surface area contributed by atoms with Crippen LogP contribution in [0.25, 0.3) is 11.0 Å². The quantitative estimate of drug-likeness (QED) is 0.879. The molecule has 0 amide bonds. The number of nitrogens with zero attached hydrogens (tertiary/aromatic N) is 2. The van der Waals surface area contributed by atoms with Crippen LogP contribution in [0, 0.1) is 5.92 Å². The Morgan fingerprint density at radius 1 is 1.36 bits per heavy atom. The summed E-state index contributed by atoms with van der Waals surface area (Å²) in [6, 6.07) is 1.89. The largest absolute Gasteiger partial charge is 0.490 e. The SMILES string of the molecule is CCc1[nH]nc2nccc(OC3CCC(C(=O)OC)CC3)c12. The number of rotatable bonds is 4. The molecule has 2 aromatic heterocycles. The molecule has 6 heteroatoms. The first-order valence-electron chi connectivity index (χ1n) is 7.79. The number of aromatic amines is 1. The number of hydrogen-bond acceptors (Lipinski definition) is 5. The van der Waals surface area contributed by atoms with Crippen LogP contribution >= 0.6 is 0 Å². The Balaban J connectivity index is 1.72. The summed E-state index contributed by atoms with van der Waals surface area (Å²) in [5.41, 5.74) is 1.74. The van der Waals surface area contributed by atoms with Crippen molar-refractivity contribution in [3.63, 3.8) is 0 Å². The molecule has 1 N–H and O–H groups in total. The number of hydrogen-bond donors (Lipinski definition) is 1. The van der Waals surface area contributed by atoms with E-state index in [0.717, 1.165) is 48.9 Å². The van der Waals surface area contributed by atoms with Crippen molar-refractivity contribution in [3.05, 3.63) is 18.0 Å². The molecule has 1 saturated carbocycles. The number of nitrogens with one attached hydrogen (secondary N) is 1. The molecule has 3 rings (SSSR count). The summed E-state index contributed by atoms with van der Waals surface area (Å²) in [6.07, 6.45) is 6.07. The van der Waals surface area contributed by atoms with E-state index < -0.39 is 0 Å². The van der Waals surface area contributed by atoms with Crippen LogP contribution < -0.4 is 4.74 Å². The van der Waals surface area contributed by atoms with Gasteiger partial charge in [-0.05, 0) is 38.2 Å². The molecule has 0 atom stereocenters. The molecular formula is C16H21N3O3. The van der Waals surface area contributed by atoms with Crippen LogP contribution in [0.5, 0.6) is 5.75 Å². The van der Waals surface area contributed by atoms with Crippen LogP contribution in [0.15, 0.2) is 12.3 Å². The normalized spacial score (nSPS) is 21.7. The maximum Gasteiger partial charge on any atom is 0.308 e. The number of aromatic nitrogens is 3. The molecule has 1 aliphatic carbocycles. The van der Waals surface area contributed by atoms with Crippen molar-refractivity contribution in [1.82, 2.24) is 15.2 Å². The number of carbonyl (C=O) groups excluding carboxylic acids is 1. The second-order valence-corrected chi connectivity index (χ2v) is 5.68. The van der Waals surface area contributed by atoms with Crippen LogP contribution in [-0.2, 0) is 16.0 Å². The Kier molecular flexibility index (Phi) is 4.27. The van der Waals surface area contributed by atoms with Crippen molar-refractivity contribution in [3.8, 4) is 5.75 Å². The first-order valence-corrected chi connectivity index (χ1v) is 7.79. The summed E-state index contributed by atoms with van der Waals surface area (Å²) < 4.78 is 11.0. The Morgan fingerprint density at radius 2 is 2.14 bits per heavy atom. The van der Waals surface area contributed by atoms with Gasteiger partial charge in [-0.3, -0.25) is 9.89 Å². The highest BCUT2D eigenvalue weighted by Crippen LogP contribution is 2.32. The average Bonchev–Trinajstić information content (AvgIpc) is 2.99. The number of fused-ring (bicyclic) bond motifs is 1. The number of methoxy groups -OCH3 is 1. The molecule has 0 saturated heterocycles. The highest BCUT2D eigenvalue weighted by Gasteiger charge is 2.28. The molecule has 1 fully saturated rings. The fraction of sp³-hybridized carbons (Fsp3) is 0.562. The molecule has 0 unspecified atom stereocenters. The minimum Gasteiger partial charge on any atom is -0.490 e. The Morgan fingerprint density at radius 3 is 2.82 bits per heavy atom. The van der Waals surface area contributed by atoms with Crippen molar-refractivity contribution < 1.29 is 14.3 Å². The lowest BCUT2D eigenvalue weighted by molar-refractivity contribution is -0.147. The maximum atomic E-state index is 11.6. The smallest absolute Gasteiger partial charge is 0.308 e. The summed E-state index contributed by atoms with van der Waals surface area (Å²) in [5, 5.41) is 8.20. The van der Waals surface area contributed by atoms with Crippen molar-refractivity contribution in [1.29, 1.82) is 0 Å². The Labute approximate surface area is 129 Å². The van der Waals surface area contributed by atoms with Crippen molar-refractivity contribution >= 4 is 17.0 Å². The molecule has 0 radical (unpaired) electrons. The van der Waals surface area contributed by atoms with Gasteiger partial charge in [0.1, 0.15) is 5.75 Å². The molecule has 0 aliphatic heterocycles. The van der Waals surface area contributed by atoms with E-state index in [2.05, 4.69) is 22.1 Å². The first-order chi connectivity index (χ1) is 10.7. The van der Waals surface area contributed by atoms with Gasteiger partial charge in [-0.1, -0.05) is 6.92 Å². The molecule has 0 aromatic carbocycles. The van der Waals surface area contributed by atoms with Gasteiger partial charge in [0.05, 0.1) is 24.5 Å². The van der Waals surface area contributed by atoms with E-state index in [1.54, 1.807) is 6.20 Å². The molecule has 0 bridgehead atoms. The highest BCUT2D eigenvalue weighted by molar-refractivity contribution is 5.84. The monoisotopic (exact) mass is 303 g/mol. The Hall–Kier alpha value is -2.11. The van der Waals surface area contributed by atoms with Gasteiger partial charge in [-0.2, -0.15) is 5.10 Å². The lowest BCUT2D eigenvalue weighted by Gasteiger charge is -2.27. The zero-order valence-electron chi connectivity index (χ0n) is 13.0. The fourth-order valence-electron chi connectivity index (χ4n) is 3.10. The molecule has 2 aromatic rings. The van der Waals surface area contributed by atoms with E-state index in [-0.39, 0.29) is 18.0 Å². The molecule has 2 heterocycles. The van der Waals surface area contributed by atoms with Crippen LogP contribution in [0.2, 0.25) is 0 Å². The van der Waals surface area contributed by atoms with E-state index in [4.69, 9.17) is 9.47 Å². The summed E-state index contributed by atoms with van der Waals surface area (Å²) in [5.74, 6) is 0.743. The van der Waals surface area contributed by atoms with Gasteiger partial charge in [0.2, 0.25) is 0 Å². The number of aryl methyl sites for hydroxylation is 1. The van der Waals surface area contributed by atoms with Gasteiger partial charge in [0.25, 0.3) is 0 Å². The van der Waals surface area contributed by atoms with E-state index in [0.29, 0.717) is 5.65 Å². The second kappa shape index (κ2) is 6.34. The van der Waals surface area contributed by atoms with Gasteiger partial charge in [0, 0.05) is 11.9 Å². The van der Waals surface area contributed by atoms with E-state index in [9.17, 15) is 4.79 Å². The summed E-state index contributed by atoms with van der Waals surface area (Å²) >= 11 is 0. The second-order valence-electron chi connectivity index (χ2n) is 5.68. The minimum atomic E-state index is -0.104. The minimum absolute atomic E-state index is 0.0161. The van der Waals surface area contributed by atoms with Gasteiger partial charge < -0.3 is 9.47 Å². The number of ether oxygens (including phenoxy) is 2. The summed E-state index contributed by atoms with van der Waals surface area (Å²) in [6.45, 7) is 2.07. The van der Waals surface area contributed by atoms with Gasteiger partial charge in [-0.15, -0.1) is 0 Å². The van der Waals surface area contributed by atoms with Crippen LogP contribution in [0.4, 0.5) is 0 Å². The third-order valence-electron chi connectivity index (χ3n) is 4.35. The predicted molar refractivity (Wildman–Crippen MR) is 81.7 cm³/mol. The number of esters is 1. The van der Waals surface area contributed by atoms with E-state index in [1.165, 1.54) is 7.11 Å². The summed E-state index contributed by atoms with van der Waals surface area (Å²) in [4.78, 5) is 15.8. The molecule has 1 aliphatic rings. The van der Waals surface area contributed by atoms with Gasteiger partial charge in [0.15, 0.2) is 5.65 Å². The van der Waals surface area contributed by atoms with E-state index >= 15 is 0 Å². The van der Waals surface area contributed by atoms with Crippen molar-refractivity contribution in [2.75, 3.05) is 7.11 Å². The van der Waals surface area contributed by atoms with Gasteiger partial charge in [-0.25, -0.2) is 4.98 Å². The Bertz CT molecular complexity index is 660. The topological polar surface area (TPSA) is 77.1 Å². The van der Waals surface area contributed by atoms with Crippen molar-refractivity contribution in [2.24, 2.45) is 5.92 Å². The van der Waals surface area contributed by atoms with Crippen LogP contribution in [-0.4, -0.2) is 34.4 Å². The molecular weight excluding hydrogens is 282 g/mol. The van der Waals surface area contributed by atoms with Crippen LogP contribution in [0.3, 0.4) is 0 Å². The fourth-order valence-corrected chi connectivity index (χ4v) is 3.10. The molecule has 118 valence electrons. The van der Waals surface area contributed by atoms with E-state index in [1.807, 2.05) is 6.07 Å². The lowest BCUT2D eigenvalue weighted by Crippen LogP contribution is -2.28. The number of carbonyl (C=O) groups is 1. The van der Waals surface area contributed by atoms with Crippen molar-refractivity contribution in [2.45, 2.75) is 45.1 Å². The predicted octanol–water partition coefficient (Wildman–Crippen LogP) is 2.63. The molecule has 6 nitrogen and oxygen atoms in total. The standard InChI is InChI=1S/C16H21N3O3/c1-3-12-14-13(8-9-17-15(14)19-18-12)22-11-6-4-10(5-7-11)16(20)21-2/h8-11H,3-7H2,1-2H3,(H,17,18,19). The maximum absolute atomic E-state index is 11.6. The molecule has 22 heavy (non-hydrogen) atoms. The average molecular weight is 303 g/mol. The zero-order valence-corrected chi connectivity index (χ0v) is 13.0. The summed E-state index contributed by atoms with van der Waals surface area (Å²) in [7, 11) is 1.45. The lowest BCUT2D eigenvalue weighted by atomic mass is 9.87. The number of pyridine rings is 1. The zero-order chi connectivity index (χ0) is 15.5. The highest BCUT2D eigenvalue weighted by atomic mass is 16.5. The van der Waals surface area contributed by atoms with Crippen LogP contribution in [0.1, 0.15) is 38.3 Å². The first kappa shape index (κ1) is 14.8. The third kappa shape index (κ3) is 2.77. The molecule has 0 spiro atoms. The third-order valence-corrected chi connectivity index (χ3v) is 4.35. The number of H-pyrrole nitrogens is 1. The van der Waals surface area contributed by atoms with Gasteiger partial charge >= 0.3 is 5.97 Å².